The minimum atomic E-state index is -0.227. The first-order valence-electron chi connectivity index (χ1n) is 6.66. The van der Waals surface area contributed by atoms with Gasteiger partial charge in [0.15, 0.2) is 0 Å². The molecule has 2 nitrogen and oxygen atoms in total. The molecular formula is C15H23NO. The Labute approximate surface area is 104 Å². The van der Waals surface area contributed by atoms with Gasteiger partial charge in [0.1, 0.15) is 0 Å². The number of aromatic nitrogens is 1. The highest BCUT2D eigenvalue weighted by molar-refractivity contribution is 5.10. The fourth-order valence-corrected chi connectivity index (χ4v) is 3.14. The van der Waals surface area contributed by atoms with E-state index in [0.717, 1.165) is 18.4 Å². The second kappa shape index (κ2) is 5.18. The highest BCUT2D eigenvalue weighted by Gasteiger charge is 2.36. The summed E-state index contributed by atoms with van der Waals surface area (Å²) >= 11 is 0. The van der Waals surface area contributed by atoms with Crippen LogP contribution in [0.4, 0.5) is 0 Å². The molecule has 1 fully saturated rings. The van der Waals surface area contributed by atoms with Gasteiger partial charge in [0.25, 0.3) is 0 Å². The van der Waals surface area contributed by atoms with Crippen LogP contribution < -0.4 is 0 Å². The normalized spacial score (nSPS) is 25.5. The molecule has 0 spiro atoms. The lowest BCUT2D eigenvalue weighted by atomic mass is 9.66. The largest absolute Gasteiger partial charge is 0.392 e. The molecule has 2 rings (SSSR count). The first-order chi connectivity index (χ1) is 8.09. The van der Waals surface area contributed by atoms with Crippen molar-refractivity contribution in [1.29, 1.82) is 0 Å². The standard InChI is InChI=1S/C15H23NO/c1-15(2)8-4-3-7-13(15)14(17)10-12-6-5-9-16-11-12/h5-6,9,11,13-14,17H,3-4,7-8,10H2,1-2H3. The fraction of sp³-hybridized carbons (Fsp3) is 0.667. The first kappa shape index (κ1) is 12.6. The zero-order valence-electron chi connectivity index (χ0n) is 10.9. The second-order valence-electron chi connectivity index (χ2n) is 5.97. The van der Waals surface area contributed by atoms with Crippen LogP contribution in [-0.2, 0) is 6.42 Å². The van der Waals surface area contributed by atoms with Crippen molar-refractivity contribution < 1.29 is 5.11 Å². The summed E-state index contributed by atoms with van der Waals surface area (Å²) in [6, 6.07) is 3.99. The minimum absolute atomic E-state index is 0.227. The molecule has 0 saturated heterocycles. The van der Waals surface area contributed by atoms with E-state index in [1.807, 2.05) is 18.3 Å². The number of aliphatic hydroxyl groups excluding tert-OH is 1. The van der Waals surface area contributed by atoms with Crippen LogP contribution in [0.2, 0.25) is 0 Å². The van der Waals surface area contributed by atoms with Gasteiger partial charge in [-0.15, -0.1) is 0 Å². The molecule has 1 aliphatic rings. The summed E-state index contributed by atoms with van der Waals surface area (Å²) in [5.41, 5.74) is 1.42. The molecule has 94 valence electrons. The molecule has 2 unspecified atom stereocenters. The lowest BCUT2D eigenvalue weighted by molar-refractivity contribution is 0.00577. The summed E-state index contributed by atoms with van der Waals surface area (Å²) in [6.07, 6.45) is 9.12. The monoisotopic (exact) mass is 233 g/mol. The Morgan fingerprint density at radius 3 is 2.94 bits per heavy atom. The van der Waals surface area contributed by atoms with E-state index in [9.17, 15) is 5.11 Å². The van der Waals surface area contributed by atoms with Gasteiger partial charge < -0.3 is 5.11 Å². The molecule has 1 heterocycles. The summed E-state index contributed by atoms with van der Waals surface area (Å²) < 4.78 is 0. The van der Waals surface area contributed by atoms with E-state index < -0.39 is 0 Å². The third-order valence-electron chi connectivity index (χ3n) is 4.22. The Balaban J connectivity index is 2.02. The lowest BCUT2D eigenvalue weighted by Gasteiger charge is -2.41. The number of aliphatic hydroxyl groups is 1. The highest BCUT2D eigenvalue weighted by atomic mass is 16.3. The lowest BCUT2D eigenvalue weighted by Crippen LogP contribution is -2.37. The third kappa shape index (κ3) is 3.06. The Morgan fingerprint density at radius 2 is 2.29 bits per heavy atom. The summed E-state index contributed by atoms with van der Waals surface area (Å²) in [6.45, 7) is 4.59. The van der Waals surface area contributed by atoms with Crippen LogP contribution in [0.3, 0.4) is 0 Å². The van der Waals surface area contributed by atoms with Crippen molar-refractivity contribution in [3.63, 3.8) is 0 Å². The number of hydrogen-bond donors (Lipinski definition) is 1. The van der Waals surface area contributed by atoms with Crippen molar-refractivity contribution in [2.45, 2.75) is 52.1 Å². The van der Waals surface area contributed by atoms with Crippen LogP contribution in [0.1, 0.15) is 45.1 Å². The fourth-order valence-electron chi connectivity index (χ4n) is 3.14. The maximum atomic E-state index is 10.4. The van der Waals surface area contributed by atoms with E-state index >= 15 is 0 Å². The Bertz CT molecular complexity index is 347. The van der Waals surface area contributed by atoms with Crippen LogP contribution in [-0.4, -0.2) is 16.2 Å². The van der Waals surface area contributed by atoms with Crippen LogP contribution in [0.5, 0.6) is 0 Å². The van der Waals surface area contributed by atoms with Gasteiger partial charge in [-0.2, -0.15) is 0 Å². The average molecular weight is 233 g/mol. The van der Waals surface area contributed by atoms with E-state index in [2.05, 4.69) is 18.8 Å². The van der Waals surface area contributed by atoms with Gasteiger partial charge in [0.2, 0.25) is 0 Å². The van der Waals surface area contributed by atoms with E-state index in [-0.39, 0.29) is 11.5 Å². The number of hydrogen-bond acceptors (Lipinski definition) is 2. The second-order valence-corrected chi connectivity index (χ2v) is 5.97. The highest BCUT2D eigenvalue weighted by Crippen LogP contribution is 2.42. The molecular weight excluding hydrogens is 210 g/mol. The van der Waals surface area contributed by atoms with Crippen LogP contribution in [0.15, 0.2) is 24.5 Å². The maximum Gasteiger partial charge on any atom is 0.0614 e. The van der Waals surface area contributed by atoms with E-state index in [4.69, 9.17) is 0 Å². The van der Waals surface area contributed by atoms with Gasteiger partial charge in [-0.3, -0.25) is 4.98 Å². The molecule has 17 heavy (non-hydrogen) atoms. The Kier molecular flexibility index (Phi) is 3.82. The molecule has 1 aromatic heterocycles. The van der Waals surface area contributed by atoms with Crippen molar-refractivity contribution in [2.24, 2.45) is 11.3 Å². The van der Waals surface area contributed by atoms with Crippen molar-refractivity contribution >= 4 is 0 Å². The molecule has 0 amide bonds. The van der Waals surface area contributed by atoms with Crippen molar-refractivity contribution in [3.8, 4) is 0 Å². The summed E-state index contributed by atoms with van der Waals surface area (Å²) in [5.74, 6) is 0.427. The molecule has 1 aliphatic carbocycles. The third-order valence-corrected chi connectivity index (χ3v) is 4.22. The zero-order valence-corrected chi connectivity index (χ0v) is 10.9. The molecule has 0 aliphatic heterocycles. The zero-order chi connectivity index (χ0) is 12.3. The Morgan fingerprint density at radius 1 is 1.47 bits per heavy atom. The summed E-state index contributed by atoms with van der Waals surface area (Å²) in [4.78, 5) is 4.11. The summed E-state index contributed by atoms with van der Waals surface area (Å²) in [7, 11) is 0. The van der Waals surface area contributed by atoms with Gasteiger partial charge in [0.05, 0.1) is 6.10 Å². The maximum absolute atomic E-state index is 10.4. The topological polar surface area (TPSA) is 33.1 Å². The van der Waals surface area contributed by atoms with Crippen molar-refractivity contribution in [2.75, 3.05) is 0 Å². The first-order valence-corrected chi connectivity index (χ1v) is 6.66. The molecule has 2 heteroatoms. The van der Waals surface area contributed by atoms with E-state index in [0.29, 0.717) is 5.92 Å². The van der Waals surface area contributed by atoms with Crippen LogP contribution in [0.25, 0.3) is 0 Å². The predicted molar refractivity (Wildman–Crippen MR) is 69.7 cm³/mol. The van der Waals surface area contributed by atoms with Crippen molar-refractivity contribution in [3.05, 3.63) is 30.1 Å². The Hall–Kier alpha value is -0.890. The molecule has 1 aromatic rings. The average Bonchev–Trinajstić information content (AvgIpc) is 2.29. The van der Waals surface area contributed by atoms with Crippen LogP contribution >= 0.6 is 0 Å². The molecule has 0 aromatic carbocycles. The number of nitrogens with zero attached hydrogens (tertiary/aromatic N) is 1. The van der Waals surface area contributed by atoms with Gasteiger partial charge in [-0.05, 0) is 35.8 Å². The van der Waals surface area contributed by atoms with Gasteiger partial charge >= 0.3 is 0 Å². The molecule has 1 N–H and O–H groups in total. The molecule has 0 bridgehead atoms. The van der Waals surface area contributed by atoms with E-state index in [1.165, 1.54) is 19.3 Å². The predicted octanol–water partition coefficient (Wildman–Crippen LogP) is 3.20. The smallest absolute Gasteiger partial charge is 0.0614 e. The quantitative estimate of drug-likeness (QED) is 0.869. The SMILES string of the molecule is CC1(C)CCCCC1C(O)Cc1cccnc1. The van der Waals surface area contributed by atoms with Gasteiger partial charge in [-0.25, -0.2) is 0 Å². The molecule has 0 radical (unpaired) electrons. The molecule has 2 atom stereocenters. The molecule has 1 saturated carbocycles. The summed E-state index contributed by atoms with van der Waals surface area (Å²) in [5, 5.41) is 10.4. The minimum Gasteiger partial charge on any atom is -0.392 e. The number of pyridine rings is 1. The van der Waals surface area contributed by atoms with E-state index in [1.54, 1.807) is 6.20 Å². The van der Waals surface area contributed by atoms with Crippen molar-refractivity contribution in [1.82, 2.24) is 4.98 Å². The van der Waals surface area contributed by atoms with Crippen LogP contribution in [0, 0.1) is 11.3 Å². The van der Waals surface area contributed by atoms with Gasteiger partial charge in [-0.1, -0.05) is 32.8 Å². The van der Waals surface area contributed by atoms with Gasteiger partial charge in [0, 0.05) is 18.8 Å². The number of rotatable bonds is 3.